The molecule has 0 saturated carbocycles. The molecule has 1 saturated heterocycles. The van der Waals surface area contributed by atoms with E-state index in [1.807, 2.05) is 18.3 Å². The Bertz CT molecular complexity index is 659. The van der Waals surface area contributed by atoms with Crippen LogP contribution in [-0.2, 0) is 6.54 Å². The summed E-state index contributed by atoms with van der Waals surface area (Å²) in [7, 11) is 0. The molecule has 0 aromatic heterocycles. The van der Waals surface area contributed by atoms with E-state index >= 15 is 0 Å². The molecule has 1 aliphatic rings. The molecule has 0 bridgehead atoms. The molecule has 1 fully saturated rings. The Morgan fingerprint density at radius 2 is 1.78 bits per heavy atom. The van der Waals surface area contributed by atoms with Crippen LogP contribution in [0.5, 0.6) is 0 Å². The second-order valence-electron chi connectivity index (χ2n) is 6.01. The van der Waals surface area contributed by atoms with Gasteiger partial charge in [0.05, 0.1) is 6.21 Å². The first kappa shape index (κ1) is 16.2. The molecule has 0 N–H and O–H groups in total. The van der Waals surface area contributed by atoms with Gasteiger partial charge in [-0.1, -0.05) is 57.9 Å². The number of piperazine rings is 1. The van der Waals surface area contributed by atoms with Crippen molar-refractivity contribution in [1.82, 2.24) is 9.91 Å². The van der Waals surface area contributed by atoms with Crippen LogP contribution in [0.3, 0.4) is 0 Å². The van der Waals surface area contributed by atoms with Crippen molar-refractivity contribution in [3.8, 4) is 0 Å². The van der Waals surface area contributed by atoms with Crippen molar-refractivity contribution in [2.45, 2.75) is 13.5 Å². The highest BCUT2D eigenvalue weighted by Crippen LogP contribution is 2.12. The third-order valence-corrected chi connectivity index (χ3v) is 4.59. The molecule has 2 aromatic carbocycles. The average Bonchev–Trinajstić information content (AvgIpc) is 2.56. The second kappa shape index (κ2) is 7.75. The Kier molecular flexibility index (Phi) is 5.47. The molecule has 120 valence electrons. The summed E-state index contributed by atoms with van der Waals surface area (Å²) in [6.45, 7) is 7.25. The molecule has 23 heavy (non-hydrogen) atoms. The van der Waals surface area contributed by atoms with E-state index in [0.717, 1.165) is 42.8 Å². The van der Waals surface area contributed by atoms with Crippen LogP contribution in [0.15, 0.2) is 58.1 Å². The summed E-state index contributed by atoms with van der Waals surface area (Å²) in [6.07, 6.45) is 1.94. The lowest BCUT2D eigenvalue weighted by atomic mass is 10.1. The molecule has 0 radical (unpaired) electrons. The van der Waals surface area contributed by atoms with Gasteiger partial charge in [0.2, 0.25) is 0 Å². The zero-order chi connectivity index (χ0) is 16.1. The fourth-order valence-electron chi connectivity index (χ4n) is 2.70. The van der Waals surface area contributed by atoms with E-state index in [2.05, 4.69) is 74.3 Å². The van der Waals surface area contributed by atoms with Crippen molar-refractivity contribution in [1.29, 1.82) is 0 Å². The van der Waals surface area contributed by atoms with Gasteiger partial charge >= 0.3 is 0 Å². The quantitative estimate of drug-likeness (QED) is 0.758. The first-order valence-electron chi connectivity index (χ1n) is 8.01. The van der Waals surface area contributed by atoms with E-state index in [9.17, 15) is 0 Å². The van der Waals surface area contributed by atoms with Crippen molar-refractivity contribution >= 4 is 22.1 Å². The van der Waals surface area contributed by atoms with Crippen molar-refractivity contribution in [3.63, 3.8) is 0 Å². The first-order chi connectivity index (χ1) is 11.2. The molecule has 0 spiro atoms. The number of hydrogen-bond acceptors (Lipinski definition) is 3. The Morgan fingerprint density at radius 1 is 1.04 bits per heavy atom. The molecule has 3 nitrogen and oxygen atoms in total. The summed E-state index contributed by atoms with van der Waals surface area (Å²) in [6, 6.07) is 17.0. The fraction of sp³-hybridized carbons (Fsp3) is 0.316. The van der Waals surface area contributed by atoms with E-state index < -0.39 is 0 Å². The van der Waals surface area contributed by atoms with E-state index in [-0.39, 0.29) is 0 Å². The third kappa shape index (κ3) is 4.91. The molecule has 0 atom stereocenters. The highest BCUT2D eigenvalue weighted by atomic mass is 79.9. The first-order valence-corrected chi connectivity index (χ1v) is 8.81. The molecule has 1 heterocycles. The number of nitrogens with zero attached hydrogens (tertiary/aromatic N) is 3. The van der Waals surface area contributed by atoms with Gasteiger partial charge in [-0.15, -0.1) is 0 Å². The van der Waals surface area contributed by atoms with Gasteiger partial charge in [-0.3, -0.25) is 9.91 Å². The Labute approximate surface area is 146 Å². The van der Waals surface area contributed by atoms with E-state index in [1.165, 1.54) is 11.1 Å². The maximum atomic E-state index is 4.61. The van der Waals surface area contributed by atoms with Gasteiger partial charge in [0.1, 0.15) is 0 Å². The Balaban J connectivity index is 1.49. The van der Waals surface area contributed by atoms with Gasteiger partial charge in [0, 0.05) is 37.2 Å². The predicted octanol–water partition coefficient (Wildman–Crippen LogP) is 3.91. The van der Waals surface area contributed by atoms with Crippen molar-refractivity contribution < 1.29 is 0 Å². The van der Waals surface area contributed by atoms with Crippen molar-refractivity contribution in [3.05, 3.63) is 69.7 Å². The fourth-order valence-corrected chi connectivity index (χ4v) is 3.11. The van der Waals surface area contributed by atoms with E-state index in [1.54, 1.807) is 0 Å². The van der Waals surface area contributed by atoms with Crippen LogP contribution >= 0.6 is 15.9 Å². The zero-order valence-corrected chi connectivity index (χ0v) is 15.0. The topological polar surface area (TPSA) is 18.8 Å². The van der Waals surface area contributed by atoms with Crippen LogP contribution < -0.4 is 0 Å². The van der Waals surface area contributed by atoms with Gasteiger partial charge in [-0.2, -0.15) is 5.10 Å². The largest absolute Gasteiger partial charge is 0.295 e. The van der Waals surface area contributed by atoms with Gasteiger partial charge in [-0.25, -0.2) is 0 Å². The summed E-state index contributed by atoms with van der Waals surface area (Å²) in [5, 5.41) is 6.77. The highest BCUT2D eigenvalue weighted by molar-refractivity contribution is 9.10. The normalized spacial score (nSPS) is 16.2. The lowest BCUT2D eigenvalue weighted by Gasteiger charge is -2.33. The van der Waals surface area contributed by atoms with Gasteiger partial charge in [0.15, 0.2) is 0 Å². The van der Waals surface area contributed by atoms with Crippen LogP contribution in [0.25, 0.3) is 0 Å². The standard InChI is InChI=1S/C19H22BrN3/c1-16-5-7-17(8-6-16)15-22-9-11-23(12-10-22)21-14-18-3-2-4-19(20)13-18/h2-8,13-14H,9-12,15H2,1H3/b21-14-. The number of hydrogen-bond donors (Lipinski definition) is 0. The molecule has 0 amide bonds. The summed E-state index contributed by atoms with van der Waals surface area (Å²) in [5.41, 5.74) is 3.84. The molecule has 0 aliphatic carbocycles. The maximum absolute atomic E-state index is 4.61. The van der Waals surface area contributed by atoms with Crippen LogP contribution in [-0.4, -0.2) is 42.3 Å². The van der Waals surface area contributed by atoms with Crippen LogP contribution in [0.4, 0.5) is 0 Å². The maximum Gasteiger partial charge on any atom is 0.0543 e. The predicted molar refractivity (Wildman–Crippen MR) is 99.8 cm³/mol. The summed E-state index contributed by atoms with van der Waals surface area (Å²) >= 11 is 3.49. The van der Waals surface area contributed by atoms with Crippen LogP contribution in [0.1, 0.15) is 16.7 Å². The lowest BCUT2D eigenvalue weighted by Crippen LogP contribution is -2.43. The SMILES string of the molecule is Cc1ccc(CN2CCN(/N=C\c3cccc(Br)c3)CC2)cc1. The van der Waals surface area contributed by atoms with Crippen molar-refractivity contribution in [2.24, 2.45) is 5.10 Å². The van der Waals surface area contributed by atoms with Crippen LogP contribution in [0.2, 0.25) is 0 Å². The van der Waals surface area contributed by atoms with Gasteiger partial charge in [0.25, 0.3) is 0 Å². The number of rotatable bonds is 4. The zero-order valence-electron chi connectivity index (χ0n) is 13.5. The average molecular weight is 372 g/mol. The Morgan fingerprint density at radius 3 is 2.48 bits per heavy atom. The van der Waals surface area contributed by atoms with Crippen LogP contribution in [0, 0.1) is 6.92 Å². The van der Waals surface area contributed by atoms with E-state index in [4.69, 9.17) is 0 Å². The lowest BCUT2D eigenvalue weighted by molar-refractivity contribution is 0.131. The molecule has 0 unspecified atom stereocenters. The minimum absolute atomic E-state index is 0.983. The summed E-state index contributed by atoms with van der Waals surface area (Å²) in [5.74, 6) is 0. The number of benzene rings is 2. The second-order valence-corrected chi connectivity index (χ2v) is 6.93. The molecule has 2 aromatic rings. The van der Waals surface area contributed by atoms with E-state index in [0.29, 0.717) is 0 Å². The summed E-state index contributed by atoms with van der Waals surface area (Å²) < 4.78 is 1.09. The monoisotopic (exact) mass is 371 g/mol. The van der Waals surface area contributed by atoms with Gasteiger partial charge < -0.3 is 0 Å². The molecule has 4 heteroatoms. The molecule has 1 aliphatic heterocycles. The summed E-state index contributed by atoms with van der Waals surface area (Å²) in [4.78, 5) is 2.50. The smallest absolute Gasteiger partial charge is 0.0543 e. The number of halogens is 1. The molecular weight excluding hydrogens is 350 g/mol. The Hall–Kier alpha value is -1.65. The van der Waals surface area contributed by atoms with Crippen molar-refractivity contribution in [2.75, 3.05) is 26.2 Å². The van der Waals surface area contributed by atoms with Gasteiger partial charge in [-0.05, 0) is 30.2 Å². The number of hydrazone groups is 1. The number of aryl methyl sites for hydroxylation is 1. The highest BCUT2D eigenvalue weighted by Gasteiger charge is 2.15. The molecular formula is C19H22BrN3. The minimum Gasteiger partial charge on any atom is -0.295 e. The third-order valence-electron chi connectivity index (χ3n) is 4.09. The minimum atomic E-state index is 0.983. The molecule has 3 rings (SSSR count).